The summed E-state index contributed by atoms with van der Waals surface area (Å²) in [5.74, 6) is 0.664. The van der Waals surface area contributed by atoms with E-state index in [0.29, 0.717) is 35.5 Å². The van der Waals surface area contributed by atoms with Crippen LogP contribution in [0.15, 0.2) is 29.2 Å². The molecule has 7 heteroatoms. The molecule has 4 rings (SSSR count). The number of rotatable bonds is 2. The average Bonchev–Trinajstić information content (AvgIpc) is 3.15. The molecule has 1 N–H and O–H groups in total. The minimum absolute atomic E-state index is 0.00494. The number of aromatic nitrogens is 4. The van der Waals surface area contributed by atoms with Gasteiger partial charge in [0.25, 0.3) is 11.5 Å². The van der Waals surface area contributed by atoms with Crippen LogP contribution in [0.25, 0.3) is 11.0 Å². The molecule has 0 bridgehead atoms. The van der Waals surface area contributed by atoms with E-state index in [9.17, 15) is 9.59 Å². The smallest absolute Gasteiger partial charge is 0.262 e. The Labute approximate surface area is 176 Å². The van der Waals surface area contributed by atoms with Crippen molar-refractivity contribution in [2.75, 3.05) is 13.1 Å². The molecule has 0 saturated carbocycles. The lowest BCUT2D eigenvalue weighted by molar-refractivity contribution is 0.0704. The summed E-state index contributed by atoms with van der Waals surface area (Å²) in [6.45, 7) is 11.4. The van der Waals surface area contributed by atoms with Gasteiger partial charge < -0.3 is 9.88 Å². The van der Waals surface area contributed by atoms with Crippen molar-refractivity contribution in [3.05, 3.63) is 57.3 Å². The molecule has 1 aliphatic heterocycles. The number of piperidine rings is 1. The van der Waals surface area contributed by atoms with Gasteiger partial charge in [0.1, 0.15) is 11.2 Å². The van der Waals surface area contributed by atoms with Crippen molar-refractivity contribution in [1.29, 1.82) is 0 Å². The van der Waals surface area contributed by atoms with Gasteiger partial charge in [0.15, 0.2) is 5.65 Å². The number of aryl methyl sites for hydroxylation is 2. The zero-order valence-electron chi connectivity index (χ0n) is 18.3. The molecule has 30 heavy (non-hydrogen) atoms. The number of nitrogens with zero attached hydrogens (tertiary/aromatic N) is 4. The summed E-state index contributed by atoms with van der Waals surface area (Å²) in [7, 11) is 0. The predicted octanol–water partition coefficient (Wildman–Crippen LogP) is 3.51. The zero-order valence-corrected chi connectivity index (χ0v) is 18.3. The first-order valence-electron chi connectivity index (χ1n) is 10.5. The second-order valence-electron chi connectivity index (χ2n) is 9.31. The van der Waals surface area contributed by atoms with E-state index in [4.69, 9.17) is 4.98 Å². The van der Waals surface area contributed by atoms with Crippen molar-refractivity contribution in [2.45, 2.75) is 58.9 Å². The molecule has 1 amide bonds. The van der Waals surface area contributed by atoms with Gasteiger partial charge in [-0.25, -0.2) is 9.67 Å². The van der Waals surface area contributed by atoms with E-state index in [1.54, 1.807) is 10.9 Å². The molecule has 3 heterocycles. The highest BCUT2D eigenvalue weighted by Gasteiger charge is 2.28. The third-order valence-corrected chi connectivity index (χ3v) is 5.94. The highest BCUT2D eigenvalue weighted by molar-refractivity contribution is 5.94. The van der Waals surface area contributed by atoms with Crippen LogP contribution in [0.1, 0.15) is 66.8 Å². The average molecular weight is 408 g/mol. The quantitative estimate of drug-likeness (QED) is 0.705. The number of H-pyrrole nitrogens is 1. The fourth-order valence-corrected chi connectivity index (χ4v) is 4.06. The zero-order chi connectivity index (χ0) is 21.6. The highest BCUT2D eigenvalue weighted by Crippen LogP contribution is 2.27. The summed E-state index contributed by atoms with van der Waals surface area (Å²) in [5, 5.41) is 4.87. The number of hydrogen-bond acceptors (Lipinski definition) is 4. The second kappa shape index (κ2) is 7.38. The molecule has 0 aliphatic carbocycles. The molecule has 1 aromatic carbocycles. The van der Waals surface area contributed by atoms with E-state index in [1.807, 2.05) is 57.7 Å². The van der Waals surface area contributed by atoms with Crippen molar-refractivity contribution in [3.8, 4) is 0 Å². The Balaban J connectivity index is 1.64. The Hall–Kier alpha value is -2.96. The predicted molar refractivity (Wildman–Crippen MR) is 117 cm³/mol. The first kappa shape index (κ1) is 20.3. The third kappa shape index (κ3) is 3.64. The summed E-state index contributed by atoms with van der Waals surface area (Å²) in [6, 6.07) is 5.84. The van der Waals surface area contributed by atoms with Crippen LogP contribution in [-0.2, 0) is 5.54 Å². The summed E-state index contributed by atoms with van der Waals surface area (Å²) < 4.78 is 1.79. The molecule has 0 spiro atoms. The first-order valence-corrected chi connectivity index (χ1v) is 10.5. The fraction of sp³-hybridized carbons (Fsp3) is 0.478. The normalized spacial score (nSPS) is 17.5. The molecule has 3 aromatic rings. The van der Waals surface area contributed by atoms with Gasteiger partial charge in [0.2, 0.25) is 0 Å². The molecular formula is C23H29N5O2. The van der Waals surface area contributed by atoms with Crippen molar-refractivity contribution in [3.63, 3.8) is 0 Å². The van der Waals surface area contributed by atoms with Gasteiger partial charge in [-0.3, -0.25) is 9.59 Å². The molecule has 2 aromatic heterocycles. The number of nitrogens with one attached hydrogen (secondary N) is 1. The van der Waals surface area contributed by atoms with Crippen LogP contribution < -0.4 is 5.56 Å². The summed E-state index contributed by atoms with van der Waals surface area (Å²) >= 11 is 0. The van der Waals surface area contributed by atoms with Crippen LogP contribution in [0.4, 0.5) is 0 Å². The topological polar surface area (TPSA) is 83.9 Å². The number of aromatic amines is 1. The van der Waals surface area contributed by atoms with Gasteiger partial charge in [-0.2, -0.15) is 5.10 Å². The minimum Gasteiger partial charge on any atom is -0.338 e. The molecule has 1 atom stereocenters. The molecule has 158 valence electrons. The largest absolute Gasteiger partial charge is 0.338 e. The SMILES string of the molecule is Cc1ccc(C(=O)N2CCCC(c3nc4c(cnn4C(C)(C)C)c(=O)[nH]3)C2)cc1C. The summed E-state index contributed by atoms with van der Waals surface area (Å²) in [6.07, 6.45) is 3.34. The Morgan fingerprint density at radius 3 is 2.67 bits per heavy atom. The van der Waals surface area contributed by atoms with Crippen molar-refractivity contribution >= 4 is 16.9 Å². The lowest BCUT2D eigenvalue weighted by atomic mass is 9.96. The third-order valence-electron chi connectivity index (χ3n) is 5.94. The maximum Gasteiger partial charge on any atom is 0.262 e. The maximum absolute atomic E-state index is 13.1. The van der Waals surface area contributed by atoms with E-state index in [-0.39, 0.29) is 22.9 Å². The van der Waals surface area contributed by atoms with Crippen LogP contribution >= 0.6 is 0 Å². The summed E-state index contributed by atoms with van der Waals surface area (Å²) in [4.78, 5) is 35.3. The van der Waals surface area contributed by atoms with Crippen LogP contribution in [-0.4, -0.2) is 43.6 Å². The Morgan fingerprint density at radius 1 is 1.20 bits per heavy atom. The standard InChI is InChI=1S/C23H29N5O2/c1-14-8-9-16(11-15(14)2)22(30)27-10-6-7-17(13-27)19-25-20-18(21(29)26-19)12-24-28(20)23(3,4)5/h8-9,11-12,17H,6-7,10,13H2,1-5H3,(H,25,26,29). The van der Waals surface area contributed by atoms with E-state index in [2.05, 4.69) is 10.1 Å². The van der Waals surface area contributed by atoms with Gasteiger partial charge in [0.05, 0.1) is 11.7 Å². The second-order valence-corrected chi connectivity index (χ2v) is 9.31. The highest BCUT2D eigenvalue weighted by atomic mass is 16.2. The van der Waals surface area contributed by atoms with Crippen LogP contribution in [0.3, 0.4) is 0 Å². The molecule has 7 nitrogen and oxygen atoms in total. The molecule has 0 radical (unpaired) electrons. The molecule has 1 saturated heterocycles. The Bertz CT molecular complexity index is 1170. The van der Waals surface area contributed by atoms with Crippen molar-refractivity contribution < 1.29 is 4.79 Å². The van der Waals surface area contributed by atoms with E-state index >= 15 is 0 Å². The lowest BCUT2D eigenvalue weighted by Crippen LogP contribution is -2.40. The number of hydrogen-bond donors (Lipinski definition) is 1. The van der Waals surface area contributed by atoms with Crippen molar-refractivity contribution in [2.24, 2.45) is 0 Å². The maximum atomic E-state index is 13.1. The number of fused-ring (bicyclic) bond motifs is 1. The molecule has 1 aliphatic rings. The number of carbonyl (C=O) groups excluding carboxylic acids is 1. The van der Waals surface area contributed by atoms with Crippen molar-refractivity contribution in [1.82, 2.24) is 24.6 Å². The van der Waals surface area contributed by atoms with Crippen LogP contribution in [0.2, 0.25) is 0 Å². The number of amides is 1. The molecule has 1 unspecified atom stereocenters. The molecular weight excluding hydrogens is 378 g/mol. The monoisotopic (exact) mass is 407 g/mol. The first-order chi connectivity index (χ1) is 14.1. The lowest BCUT2D eigenvalue weighted by Gasteiger charge is -2.32. The van der Waals surface area contributed by atoms with E-state index < -0.39 is 0 Å². The van der Waals surface area contributed by atoms with E-state index in [1.165, 1.54) is 5.56 Å². The van der Waals surface area contributed by atoms with Gasteiger partial charge in [-0.05, 0) is 70.7 Å². The van der Waals surface area contributed by atoms with Gasteiger partial charge >= 0.3 is 0 Å². The Kier molecular flexibility index (Phi) is 5.00. The van der Waals surface area contributed by atoms with Crippen LogP contribution in [0.5, 0.6) is 0 Å². The van der Waals surface area contributed by atoms with Gasteiger partial charge in [-0.1, -0.05) is 6.07 Å². The minimum atomic E-state index is -0.280. The fourth-order valence-electron chi connectivity index (χ4n) is 4.06. The Morgan fingerprint density at radius 2 is 1.97 bits per heavy atom. The van der Waals surface area contributed by atoms with Gasteiger partial charge in [-0.15, -0.1) is 0 Å². The van der Waals surface area contributed by atoms with E-state index in [0.717, 1.165) is 18.4 Å². The number of likely N-dealkylation sites (tertiary alicyclic amines) is 1. The molecule has 1 fully saturated rings. The summed E-state index contributed by atoms with van der Waals surface area (Å²) in [5.41, 5.74) is 3.14. The van der Waals surface area contributed by atoms with Gasteiger partial charge in [0, 0.05) is 24.6 Å². The number of carbonyl (C=O) groups is 1. The van der Waals surface area contributed by atoms with Crippen LogP contribution in [0, 0.1) is 13.8 Å². The number of benzene rings is 1.